The lowest BCUT2D eigenvalue weighted by Gasteiger charge is -2.30. The van der Waals surface area contributed by atoms with Gasteiger partial charge in [0.2, 0.25) is 0 Å². The first-order valence-electron chi connectivity index (χ1n) is 5.20. The maximum atomic E-state index is 10.9. The average Bonchev–Trinajstić information content (AvgIpc) is 2.29. The predicted octanol–water partition coefficient (Wildman–Crippen LogP) is -0.0579. The summed E-state index contributed by atoms with van der Waals surface area (Å²) in [4.78, 5) is 0. The van der Waals surface area contributed by atoms with Gasteiger partial charge in [0.05, 0.1) is 11.5 Å². The molecule has 2 aliphatic heterocycles. The standard InChI is InChI=1S/C9H17NO3S/c11-14(12)6-9(7-14)10-8-2-1-4-13-5-3-8/h8-10H,1-7H2. The fraction of sp³-hybridized carbons (Fsp3) is 1.00. The van der Waals surface area contributed by atoms with Crippen molar-refractivity contribution in [1.82, 2.24) is 5.32 Å². The first-order valence-corrected chi connectivity index (χ1v) is 7.02. The van der Waals surface area contributed by atoms with Crippen LogP contribution in [0.15, 0.2) is 0 Å². The Morgan fingerprint density at radius 3 is 2.57 bits per heavy atom. The van der Waals surface area contributed by atoms with Crippen LogP contribution < -0.4 is 5.32 Å². The van der Waals surface area contributed by atoms with Gasteiger partial charge in [0.25, 0.3) is 0 Å². The lowest BCUT2D eigenvalue weighted by atomic mass is 10.1. The van der Waals surface area contributed by atoms with Gasteiger partial charge in [-0.25, -0.2) is 8.42 Å². The van der Waals surface area contributed by atoms with Crippen LogP contribution >= 0.6 is 0 Å². The van der Waals surface area contributed by atoms with Gasteiger partial charge in [0, 0.05) is 25.3 Å². The minimum Gasteiger partial charge on any atom is -0.381 e. The molecule has 1 unspecified atom stereocenters. The van der Waals surface area contributed by atoms with E-state index in [-0.39, 0.29) is 6.04 Å². The van der Waals surface area contributed by atoms with Crippen LogP contribution in [0, 0.1) is 0 Å². The number of hydrogen-bond acceptors (Lipinski definition) is 4. The first kappa shape index (κ1) is 10.4. The van der Waals surface area contributed by atoms with Crippen molar-refractivity contribution >= 4 is 9.84 Å². The van der Waals surface area contributed by atoms with Crippen LogP contribution in [0.1, 0.15) is 19.3 Å². The van der Waals surface area contributed by atoms with Crippen LogP contribution in [0.5, 0.6) is 0 Å². The minimum absolute atomic E-state index is 0.197. The van der Waals surface area contributed by atoms with Crippen LogP contribution in [-0.2, 0) is 14.6 Å². The molecule has 0 aromatic rings. The molecule has 4 nitrogen and oxygen atoms in total. The summed E-state index contributed by atoms with van der Waals surface area (Å²) in [5, 5.41) is 3.39. The highest BCUT2D eigenvalue weighted by atomic mass is 32.2. The zero-order chi connectivity index (χ0) is 10.0. The summed E-state index contributed by atoms with van der Waals surface area (Å²) in [6, 6.07) is 0.654. The van der Waals surface area contributed by atoms with Gasteiger partial charge in [-0.3, -0.25) is 0 Å². The topological polar surface area (TPSA) is 55.4 Å². The van der Waals surface area contributed by atoms with Gasteiger partial charge in [-0.1, -0.05) is 0 Å². The van der Waals surface area contributed by atoms with Crippen molar-refractivity contribution in [1.29, 1.82) is 0 Å². The third-order valence-electron chi connectivity index (χ3n) is 2.83. The smallest absolute Gasteiger partial charge is 0.153 e. The molecular formula is C9H17NO3S. The molecule has 0 aliphatic carbocycles. The van der Waals surface area contributed by atoms with E-state index in [4.69, 9.17) is 4.74 Å². The molecule has 14 heavy (non-hydrogen) atoms. The van der Waals surface area contributed by atoms with Gasteiger partial charge in [0.15, 0.2) is 9.84 Å². The third kappa shape index (κ3) is 2.68. The van der Waals surface area contributed by atoms with Crippen molar-refractivity contribution in [3.8, 4) is 0 Å². The van der Waals surface area contributed by atoms with Crippen molar-refractivity contribution < 1.29 is 13.2 Å². The highest BCUT2D eigenvalue weighted by molar-refractivity contribution is 7.92. The fourth-order valence-corrected chi connectivity index (χ4v) is 3.39. The molecule has 0 spiro atoms. The zero-order valence-corrected chi connectivity index (χ0v) is 9.05. The average molecular weight is 219 g/mol. The maximum Gasteiger partial charge on any atom is 0.153 e. The van der Waals surface area contributed by atoms with Crippen LogP contribution in [0.2, 0.25) is 0 Å². The molecule has 2 rings (SSSR count). The maximum absolute atomic E-state index is 10.9. The Morgan fingerprint density at radius 1 is 1.07 bits per heavy atom. The summed E-state index contributed by atoms with van der Waals surface area (Å²) in [5.41, 5.74) is 0. The summed E-state index contributed by atoms with van der Waals surface area (Å²) in [7, 11) is -2.68. The van der Waals surface area contributed by atoms with Gasteiger partial charge in [-0.15, -0.1) is 0 Å². The Bertz CT molecular complexity index is 268. The summed E-state index contributed by atoms with van der Waals surface area (Å²) in [6.07, 6.45) is 3.20. The lowest BCUT2D eigenvalue weighted by Crippen LogP contribution is -2.54. The van der Waals surface area contributed by atoms with Crippen LogP contribution in [0.4, 0.5) is 0 Å². The molecule has 0 bridgehead atoms. The summed E-state index contributed by atoms with van der Waals surface area (Å²) in [5.74, 6) is 0.648. The number of sulfone groups is 1. The molecule has 0 aromatic heterocycles. The van der Waals surface area contributed by atoms with Crippen molar-refractivity contribution in [2.24, 2.45) is 0 Å². The molecule has 0 aromatic carbocycles. The normalized spacial score (nSPS) is 33.3. The van der Waals surface area contributed by atoms with E-state index < -0.39 is 9.84 Å². The molecule has 2 fully saturated rings. The third-order valence-corrected chi connectivity index (χ3v) is 4.65. The van der Waals surface area contributed by atoms with Gasteiger partial charge >= 0.3 is 0 Å². The molecule has 0 radical (unpaired) electrons. The molecule has 2 heterocycles. The van der Waals surface area contributed by atoms with Gasteiger partial charge in [-0.2, -0.15) is 0 Å². The van der Waals surface area contributed by atoms with E-state index in [1.54, 1.807) is 0 Å². The first-order chi connectivity index (χ1) is 6.66. The highest BCUT2D eigenvalue weighted by Crippen LogP contribution is 2.15. The van der Waals surface area contributed by atoms with Crippen LogP contribution in [-0.4, -0.2) is 45.2 Å². The summed E-state index contributed by atoms with van der Waals surface area (Å²) < 4.78 is 27.2. The molecule has 0 amide bonds. The number of nitrogens with one attached hydrogen (secondary N) is 1. The SMILES string of the molecule is O=S1(=O)CC(NC2CCCOCC2)C1. The van der Waals surface area contributed by atoms with Crippen molar-refractivity contribution in [3.63, 3.8) is 0 Å². The highest BCUT2D eigenvalue weighted by Gasteiger charge is 2.34. The fourth-order valence-electron chi connectivity index (χ4n) is 2.06. The van der Waals surface area contributed by atoms with E-state index in [1.165, 1.54) is 0 Å². The minimum atomic E-state index is -2.68. The van der Waals surface area contributed by atoms with E-state index in [1.807, 2.05) is 0 Å². The van der Waals surface area contributed by atoms with Crippen molar-refractivity contribution in [2.45, 2.75) is 31.3 Å². The molecule has 2 saturated heterocycles. The molecule has 5 heteroatoms. The zero-order valence-electron chi connectivity index (χ0n) is 8.24. The monoisotopic (exact) mass is 219 g/mol. The molecule has 2 aliphatic rings. The summed E-state index contributed by atoms with van der Waals surface area (Å²) in [6.45, 7) is 1.65. The Morgan fingerprint density at radius 2 is 1.86 bits per heavy atom. The molecule has 1 N–H and O–H groups in total. The molecule has 0 saturated carbocycles. The second-order valence-corrected chi connectivity index (χ2v) is 6.33. The van der Waals surface area contributed by atoms with E-state index in [2.05, 4.69) is 5.32 Å². The van der Waals surface area contributed by atoms with Gasteiger partial charge < -0.3 is 10.1 Å². The number of ether oxygens (including phenoxy) is 1. The Kier molecular flexibility index (Phi) is 3.09. The molecular weight excluding hydrogens is 202 g/mol. The second-order valence-electron chi connectivity index (χ2n) is 4.18. The largest absolute Gasteiger partial charge is 0.381 e. The van der Waals surface area contributed by atoms with Gasteiger partial charge in [0.1, 0.15) is 0 Å². The summed E-state index contributed by atoms with van der Waals surface area (Å²) >= 11 is 0. The lowest BCUT2D eigenvalue weighted by molar-refractivity contribution is 0.142. The second kappa shape index (κ2) is 4.16. The van der Waals surface area contributed by atoms with Crippen LogP contribution in [0.3, 0.4) is 0 Å². The van der Waals surface area contributed by atoms with E-state index in [0.29, 0.717) is 17.5 Å². The van der Waals surface area contributed by atoms with Crippen molar-refractivity contribution in [3.05, 3.63) is 0 Å². The number of hydrogen-bond donors (Lipinski definition) is 1. The number of rotatable bonds is 2. The molecule has 1 atom stereocenters. The Hall–Kier alpha value is -0.130. The van der Waals surface area contributed by atoms with E-state index in [0.717, 1.165) is 32.5 Å². The van der Waals surface area contributed by atoms with Crippen LogP contribution in [0.25, 0.3) is 0 Å². The quantitative estimate of drug-likeness (QED) is 0.707. The predicted molar refractivity (Wildman–Crippen MR) is 54.0 cm³/mol. The van der Waals surface area contributed by atoms with Gasteiger partial charge in [-0.05, 0) is 19.3 Å². The van der Waals surface area contributed by atoms with Crippen molar-refractivity contribution in [2.75, 3.05) is 24.7 Å². The molecule has 82 valence electrons. The van der Waals surface area contributed by atoms with E-state index in [9.17, 15) is 8.42 Å². The Balaban J connectivity index is 1.75. The Labute approximate surface area is 84.9 Å². The van der Waals surface area contributed by atoms with E-state index >= 15 is 0 Å².